The van der Waals surface area contributed by atoms with Gasteiger partial charge in [0.05, 0.1) is 6.61 Å². The van der Waals surface area contributed by atoms with Crippen LogP contribution in [0.25, 0.3) is 5.57 Å². The number of nitrogens with zero attached hydrogens (tertiary/aromatic N) is 1. The van der Waals surface area contributed by atoms with Gasteiger partial charge in [-0.1, -0.05) is 44.2 Å². The van der Waals surface area contributed by atoms with Crippen molar-refractivity contribution in [3.8, 4) is 5.75 Å². The molecule has 0 bridgehead atoms. The Morgan fingerprint density at radius 3 is 2.00 bits per heavy atom. The second kappa shape index (κ2) is 7.69. The summed E-state index contributed by atoms with van der Waals surface area (Å²) in [6, 6.07) is 16.6. The summed E-state index contributed by atoms with van der Waals surface area (Å²) in [5.74, 6) is 0.924. The molecule has 0 aliphatic rings. The summed E-state index contributed by atoms with van der Waals surface area (Å²) in [7, 11) is 4.09. The van der Waals surface area contributed by atoms with E-state index in [4.69, 9.17) is 4.74 Å². The van der Waals surface area contributed by atoms with Crippen LogP contribution in [0.15, 0.2) is 55.1 Å². The number of rotatable bonds is 7. The molecule has 0 spiro atoms. The van der Waals surface area contributed by atoms with Crippen molar-refractivity contribution in [1.82, 2.24) is 0 Å². The highest BCUT2D eigenvalue weighted by Gasteiger charge is 2.04. The molecule has 22 heavy (non-hydrogen) atoms. The van der Waals surface area contributed by atoms with Gasteiger partial charge < -0.3 is 9.64 Å². The molecule has 0 aromatic heterocycles. The maximum absolute atomic E-state index is 5.69. The first-order chi connectivity index (χ1) is 10.6. The number of unbranched alkanes of at least 4 members (excludes halogenated alkanes) is 1. The van der Waals surface area contributed by atoms with Crippen LogP contribution in [-0.4, -0.2) is 20.7 Å². The minimum Gasteiger partial charge on any atom is -0.494 e. The molecule has 0 fully saturated rings. The van der Waals surface area contributed by atoms with E-state index in [0.717, 1.165) is 41.9 Å². The van der Waals surface area contributed by atoms with Crippen LogP contribution in [0, 0.1) is 0 Å². The summed E-state index contributed by atoms with van der Waals surface area (Å²) in [5, 5.41) is 0. The summed E-state index contributed by atoms with van der Waals surface area (Å²) in [6.07, 6.45) is 2.24. The summed E-state index contributed by atoms with van der Waals surface area (Å²) in [4.78, 5) is 2.09. The van der Waals surface area contributed by atoms with Gasteiger partial charge in [-0.3, -0.25) is 0 Å². The molecule has 0 atom stereocenters. The number of benzene rings is 2. The monoisotopic (exact) mass is 295 g/mol. The number of hydrogen-bond donors (Lipinski definition) is 0. The molecule has 0 aliphatic carbocycles. The first kappa shape index (κ1) is 16.2. The lowest BCUT2D eigenvalue weighted by Crippen LogP contribution is -2.08. The highest BCUT2D eigenvalue weighted by Crippen LogP contribution is 2.25. The van der Waals surface area contributed by atoms with E-state index in [1.807, 2.05) is 26.2 Å². The molecule has 2 heteroatoms. The van der Waals surface area contributed by atoms with Gasteiger partial charge in [0.2, 0.25) is 0 Å². The molecule has 0 heterocycles. The Morgan fingerprint density at radius 1 is 0.955 bits per heavy atom. The van der Waals surface area contributed by atoms with E-state index >= 15 is 0 Å². The molecule has 0 radical (unpaired) electrons. The van der Waals surface area contributed by atoms with E-state index in [0.29, 0.717) is 0 Å². The standard InChI is InChI=1S/C20H25NO/c1-5-6-15-22-20-13-9-18(10-14-20)16(2)17-7-11-19(12-8-17)21(3)4/h7-14H,2,5-6,15H2,1,3-4H3. The maximum Gasteiger partial charge on any atom is 0.119 e. The number of ether oxygens (including phenoxy) is 1. The normalized spacial score (nSPS) is 10.3. The van der Waals surface area contributed by atoms with Crippen LogP contribution in [0.3, 0.4) is 0 Å². The zero-order chi connectivity index (χ0) is 15.9. The molecule has 0 saturated heterocycles. The summed E-state index contributed by atoms with van der Waals surface area (Å²) in [6.45, 7) is 7.17. The van der Waals surface area contributed by atoms with Crippen molar-refractivity contribution in [3.63, 3.8) is 0 Å². The Hall–Kier alpha value is -2.22. The third kappa shape index (κ3) is 4.14. The van der Waals surface area contributed by atoms with Crippen molar-refractivity contribution in [1.29, 1.82) is 0 Å². The van der Waals surface area contributed by atoms with Gasteiger partial charge in [-0.2, -0.15) is 0 Å². The largest absolute Gasteiger partial charge is 0.494 e. The smallest absolute Gasteiger partial charge is 0.119 e. The van der Waals surface area contributed by atoms with E-state index in [1.54, 1.807) is 0 Å². The van der Waals surface area contributed by atoms with Gasteiger partial charge >= 0.3 is 0 Å². The molecule has 0 aliphatic heterocycles. The number of anilines is 1. The fourth-order valence-electron chi connectivity index (χ4n) is 2.21. The fraction of sp³-hybridized carbons (Fsp3) is 0.300. The average molecular weight is 295 g/mol. The Labute approximate surface area is 134 Å². The van der Waals surface area contributed by atoms with E-state index in [-0.39, 0.29) is 0 Å². The highest BCUT2D eigenvalue weighted by atomic mass is 16.5. The van der Waals surface area contributed by atoms with Crippen molar-refractivity contribution >= 4 is 11.3 Å². The molecule has 2 nitrogen and oxygen atoms in total. The summed E-state index contributed by atoms with van der Waals surface area (Å²) in [5.41, 5.74) is 4.49. The third-order valence-electron chi connectivity index (χ3n) is 3.70. The van der Waals surface area contributed by atoms with Crippen LogP contribution in [0.2, 0.25) is 0 Å². The van der Waals surface area contributed by atoms with Gasteiger partial charge in [-0.05, 0) is 47.4 Å². The molecule has 0 unspecified atom stereocenters. The van der Waals surface area contributed by atoms with Crippen LogP contribution >= 0.6 is 0 Å². The molecular formula is C20H25NO. The molecule has 0 amide bonds. The van der Waals surface area contributed by atoms with E-state index in [2.05, 4.69) is 54.8 Å². The zero-order valence-electron chi connectivity index (χ0n) is 13.8. The van der Waals surface area contributed by atoms with Gasteiger partial charge in [-0.15, -0.1) is 0 Å². The Kier molecular flexibility index (Phi) is 5.65. The van der Waals surface area contributed by atoms with Crippen LogP contribution in [0.1, 0.15) is 30.9 Å². The Bertz CT molecular complexity index is 597. The quantitative estimate of drug-likeness (QED) is 0.667. The van der Waals surface area contributed by atoms with E-state index in [9.17, 15) is 0 Å². The second-order valence-electron chi connectivity index (χ2n) is 5.65. The topological polar surface area (TPSA) is 12.5 Å². The van der Waals surface area contributed by atoms with Crippen molar-refractivity contribution in [2.24, 2.45) is 0 Å². The molecule has 2 rings (SSSR count). The maximum atomic E-state index is 5.69. The molecule has 0 N–H and O–H groups in total. The second-order valence-corrected chi connectivity index (χ2v) is 5.65. The van der Waals surface area contributed by atoms with Crippen LogP contribution in [-0.2, 0) is 0 Å². The van der Waals surface area contributed by atoms with Crippen LogP contribution < -0.4 is 9.64 Å². The van der Waals surface area contributed by atoms with E-state index in [1.165, 1.54) is 5.69 Å². The highest BCUT2D eigenvalue weighted by molar-refractivity contribution is 5.78. The van der Waals surface area contributed by atoms with Crippen molar-refractivity contribution in [3.05, 3.63) is 66.2 Å². The lowest BCUT2D eigenvalue weighted by atomic mass is 9.99. The number of hydrogen-bond acceptors (Lipinski definition) is 2. The predicted molar refractivity (Wildman–Crippen MR) is 95.8 cm³/mol. The zero-order valence-corrected chi connectivity index (χ0v) is 13.8. The molecule has 0 saturated carbocycles. The van der Waals surface area contributed by atoms with Gasteiger partial charge in [-0.25, -0.2) is 0 Å². The summed E-state index contributed by atoms with van der Waals surface area (Å²) >= 11 is 0. The van der Waals surface area contributed by atoms with Crippen molar-refractivity contribution in [2.75, 3.05) is 25.6 Å². The summed E-state index contributed by atoms with van der Waals surface area (Å²) < 4.78 is 5.69. The van der Waals surface area contributed by atoms with Crippen LogP contribution in [0.5, 0.6) is 5.75 Å². The molecule has 116 valence electrons. The minimum absolute atomic E-state index is 0.781. The predicted octanol–water partition coefficient (Wildman–Crippen LogP) is 4.99. The minimum atomic E-state index is 0.781. The van der Waals surface area contributed by atoms with Gasteiger partial charge in [0.1, 0.15) is 5.75 Å². The van der Waals surface area contributed by atoms with Crippen molar-refractivity contribution < 1.29 is 4.74 Å². The van der Waals surface area contributed by atoms with Crippen LogP contribution in [0.4, 0.5) is 5.69 Å². The third-order valence-corrected chi connectivity index (χ3v) is 3.70. The Morgan fingerprint density at radius 2 is 1.50 bits per heavy atom. The molecular weight excluding hydrogens is 270 g/mol. The van der Waals surface area contributed by atoms with Gasteiger partial charge in [0.25, 0.3) is 0 Å². The molecule has 2 aromatic rings. The lowest BCUT2D eigenvalue weighted by molar-refractivity contribution is 0.309. The van der Waals surface area contributed by atoms with Gasteiger partial charge in [0.15, 0.2) is 0 Å². The first-order valence-electron chi connectivity index (χ1n) is 7.81. The SMILES string of the molecule is C=C(c1ccc(OCCCC)cc1)c1ccc(N(C)C)cc1. The van der Waals surface area contributed by atoms with Crippen molar-refractivity contribution in [2.45, 2.75) is 19.8 Å². The fourth-order valence-corrected chi connectivity index (χ4v) is 2.21. The average Bonchev–Trinajstić information content (AvgIpc) is 2.55. The first-order valence-corrected chi connectivity index (χ1v) is 7.81. The Balaban J connectivity index is 2.05. The van der Waals surface area contributed by atoms with E-state index < -0.39 is 0 Å². The van der Waals surface area contributed by atoms with Gasteiger partial charge in [0, 0.05) is 19.8 Å². The molecule has 2 aromatic carbocycles. The lowest BCUT2D eigenvalue weighted by Gasteiger charge is -2.14.